The summed E-state index contributed by atoms with van der Waals surface area (Å²) >= 11 is 0. The van der Waals surface area contributed by atoms with Gasteiger partial charge in [0.1, 0.15) is 5.78 Å². The van der Waals surface area contributed by atoms with E-state index < -0.39 is 5.41 Å². The summed E-state index contributed by atoms with van der Waals surface area (Å²) in [5, 5.41) is 9.24. The van der Waals surface area contributed by atoms with Crippen molar-refractivity contribution >= 4 is 17.7 Å². The molecule has 0 aromatic carbocycles. The Bertz CT molecular complexity index is 452. The summed E-state index contributed by atoms with van der Waals surface area (Å²) in [5.41, 5.74) is -0.767. The number of carbonyl (C=O) groups is 3. The monoisotopic (exact) mass is 342 g/mol. The summed E-state index contributed by atoms with van der Waals surface area (Å²) in [6.45, 7) is 3.77. The van der Waals surface area contributed by atoms with E-state index in [2.05, 4.69) is 4.74 Å². The summed E-state index contributed by atoms with van der Waals surface area (Å²) in [5.74, 6) is -0.0687. The number of esters is 2. The van der Waals surface area contributed by atoms with Gasteiger partial charge in [0, 0.05) is 12.8 Å². The Balaban J connectivity index is 0.000000240. The smallest absolute Gasteiger partial charge is 0.311 e. The van der Waals surface area contributed by atoms with Crippen molar-refractivity contribution in [1.29, 1.82) is 0 Å². The third-order valence-corrected chi connectivity index (χ3v) is 5.33. The molecule has 24 heavy (non-hydrogen) atoms. The van der Waals surface area contributed by atoms with Crippen LogP contribution < -0.4 is 0 Å². The molecule has 0 aliphatic heterocycles. The molecule has 2 aliphatic rings. The highest BCUT2D eigenvalue weighted by atomic mass is 16.5. The number of hydrogen-bond donors (Lipinski definition) is 1. The molecule has 2 saturated carbocycles. The van der Waals surface area contributed by atoms with Crippen LogP contribution in [0.5, 0.6) is 0 Å². The molecule has 0 amide bonds. The topological polar surface area (TPSA) is 89.9 Å². The minimum atomic E-state index is -0.414. The molecule has 2 rings (SSSR count). The number of ether oxygens (including phenoxy) is 2. The summed E-state index contributed by atoms with van der Waals surface area (Å²) < 4.78 is 9.39. The summed E-state index contributed by atoms with van der Waals surface area (Å²) in [7, 11) is 2.81. The Morgan fingerprint density at radius 2 is 1.29 bits per heavy atom. The van der Waals surface area contributed by atoms with E-state index in [9.17, 15) is 19.5 Å². The molecule has 0 radical (unpaired) electrons. The van der Waals surface area contributed by atoms with Crippen molar-refractivity contribution in [1.82, 2.24) is 0 Å². The van der Waals surface area contributed by atoms with Crippen LogP contribution >= 0.6 is 0 Å². The number of aliphatic hydroxyl groups is 1. The van der Waals surface area contributed by atoms with Gasteiger partial charge in [-0.25, -0.2) is 0 Å². The fourth-order valence-electron chi connectivity index (χ4n) is 3.22. The summed E-state index contributed by atoms with van der Waals surface area (Å²) in [6.07, 6.45) is 5.00. The zero-order valence-corrected chi connectivity index (χ0v) is 15.2. The molecular formula is C18H30O6. The van der Waals surface area contributed by atoms with Gasteiger partial charge in [-0.05, 0) is 52.4 Å². The van der Waals surface area contributed by atoms with E-state index in [1.807, 2.05) is 13.8 Å². The molecule has 6 nitrogen and oxygen atoms in total. The molecule has 1 N–H and O–H groups in total. The van der Waals surface area contributed by atoms with Crippen LogP contribution in [-0.2, 0) is 23.9 Å². The normalized spacial score (nSPS) is 29.0. The van der Waals surface area contributed by atoms with Crippen molar-refractivity contribution in [3.05, 3.63) is 0 Å². The maximum absolute atomic E-state index is 11.3. The SMILES string of the molecule is COC(=O)C1(C)CCC(=O)CC1.COC(=O)C1(C)CCC(O)CC1. The quantitative estimate of drug-likeness (QED) is 0.775. The molecule has 0 spiro atoms. The van der Waals surface area contributed by atoms with Crippen LogP contribution in [0, 0.1) is 10.8 Å². The molecule has 138 valence electrons. The van der Waals surface area contributed by atoms with Gasteiger partial charge >= 0.3 is 11.9 Å². The van der Waals surface area contributed by atoms with Crippen LogP contribution in [0.3, 0.4) is 0 Å². The first-order chi connectivity index (χ1) is 11.2. The Hall–Kier alpha value is -1.43. The van der Waals surface area contributed by atoms with Gasteiger partial charge in [-0.3, -0.25) is 14.4 Å². The van der Waals surface area contributed by atoms with Gasteiger partial charge in [0.15, 0.2) is 0 Å². The van der Waals surface area contributed by atoms with Gasteiger partial charge in [0.05, 0.1) is 31.2 Å². The van der Waals surface area contributed by atoms with E-state index in [-0.39, 0.29) is 29.2 Å². The van der Waals surface area contributed by atoms with Crippen molar-refractivity contribution < 1.29 is 29.0 Å². The van der Waals surface area contributed by atoms with Crippen molar-refractivity contribution in [2.45, 2.75) is 71.3 Å². The van der Waals surface area contributed by atoms with Crippen LogP contribution in [0.15, 0.2) is 0 Å². The zero-order valence-electron chi connectivity index (χ0n) is 15.2. The average Bonchev–Trinajstić information content (AvgIpc) is 2.59. The minimum Gasteiger partial charge on any atom is -0.469 e. The van der Waals surface area contributed by atoms with Gasteiger partial charge < -0.3 is 14.6 Å². The fourth-order valence-corrected chi connectivity index (χ4v) is 3.22. The molecule has 2 fully saturated rings. The number of rotatable bonds is 2. The lowest BCUT2D eigenvalue weighted by atomic mass is 9.75. The first kappa shape index (κ1) is 20.6. The molecule has 0 bridgehead atoms. The van der Waals surface area contributed by atoms with E-state index in [4.69, 9.17) is 4.74 Å². The second-order valence-corrected chi connectivity index (χ2v) is 7.37. The number of hydrogen-bond acceptors (Lipinski definition) is 6. The average molecular weight is 342 g/mol. The lowest BCUT2D eigenvalue weighted by Crippen LogP contribution is -2.35. The molecule has 2 aliphatic carbocycles. The van der Waals surface area contributed by atoms with Crippen LogP contribution in [-0.4, -0.2) is 43.2 Å². The minimum absolute atomic E-state index is 0.144. The van der Waals surface area contributed by atoms with Gasteiger partial charge in [0.25, 0.3) is 0 Å². The maximum Gasteiger partial charge on any atom is 0.311 e. The number of aliphatic hydroxyl groups excluding tert-OH is 1. The first-order valence-electron chi connectivity index (χ1n) is 8.53. The highest BCUT2D eigenvalue weighted by Gasteiger charge is 2.38. The highest BCUT2D eigenvalue weighted by Crippen LogP contribution is 2.37. The fraction of sp³-hybridized carbons (Fsp3) is 0.833. The second kappa shape index (κ2) is 8.60. The van der Waals surface area contributed by atoms with Crippen molar-refractivity contribution in [2.24, 2.45) is 10.8 Å². The molecule has 0 atom stereocenters. The van der Waals surface area contributed by atoms with E-state index in [0.29, 0.717) is 38.5 Å². The predicted octanol–water partition coefficient (Wildman–Crippen LogP) is 2.41. The van der Waals surface area contributed by atoms with Crippen molar-refractivity contribution in [3.63, 3.8) is 0 Å². The molecule has 0 heterocycles. The zero-order chi connectivity index (χ0) is 18.4. The van der Waals surface area contributed by atoms with E-state index in [1.54, 1.807) is 0 Å². The lowest BCUT2D eigenvalue weighted by Gasteiger charge is -2.32. The molecule has 6 heteroatoms. The van der Waals surface area contributed by atoms with E-state index in [0.717, 1.165) is 12.8 Å². The van der Waals surface area contributed by atoms with Crippen molar-refractivity contribution in [3.8, 4) is 0 Å². The number of ketones is 1. The lowest BCUT2D eigenvalue weighted by molar-refractivity contribution is -0.155. The Labute approximate surface area is 143 Å². The molecular weight excluding hydrogens is 312 g/mol. The second-order valence-electron chi connectivity index (χ2n) is 7.37. The van der Waals surface area contributed by atoms with Crippen LogP contribution in [0.2, 0.25) is 0 Å². The standard InChI is InChI=1S/C9H16O3.C9H14O3/c2*1-9(8(11)12-2)5-3-7(10)4-6-9/h7,10H,3-6H2,1-2H3;3-6H2,1-2H3. The predicted molar refractivity (Wildman–Crippen MR) is 88.2 cm³/mol. The highest BCUT2D eigenvalue weighted by molar-refractivity contribution is 5.84. The first-order valence-corrected chi connectivity index (χ1v) is 8.53. The third kappa shape index (κ3) is 5.30. The molecule has 0 unspecified atom stereocenters. The van der Waals surface area contributed by atoms with Gasteiger partial charge in [-0.1, -0.05) is 0 Å². The summed E-state index contributed by atoms with van der Waals surface area (Å²) in [4.78, 5) is 33.5. The number of Topliss-reactive ketones (excluding diaryl/α,β-unsaturated/α-hetero) is 1. The van der Waals surface area contributed by atoms with Crippen LogP contribution in [0.4, 0.5) is 0 Å². The van der Waals surface area contributed by atoms with Gasteiger partial charge in [-0.15, -0.1) is 0 Å². The van der Waals surface area contributed by atoms with E-state index in [1.165, 1.54) is 14.2 Å². The van der Waals surface area contributed by atoms with Gasteiger partial charge in [0.2, 0.25) is 0 Å². The summed E-state index contributed by atoms with van der Waals surface area (Å²) in [6, 6.07) is 0. The number of carbonyl (C=O) groups excluding carboxylic acids is 3. The molecule has 0 saturated heterocycles. The maximum atomic E-state index is 11.3. The van der Waals surface area contributed by atoms with Gasteiger partial charge in [-0.2, -0.15) is 0 Å². The van der Waals surface area contributed by atoms with Crippen LogP contribution in [0.1, 0.15) is 65.2 Å². The largest absolute Gasteiger partial charge is 0.469 e. The van der Waals surface area contributed by atoms with Crippen LogP contribution in [0.25, 0.3) is 0 Å². The number of methoxy groups -OCH3 is 2. The Kier molecular flexibility index (Phi) is 7.39. The van der Waals surface area contributed by atoms with E-state index >= 15 is 0 Å². The molecule has 0 aromatic heterocycles. The molecule has 0 aromatic rings. The third-order valence-electron chi connectivity index (χ3n) is 5.33. The van der Waals surface area contributed by atoms with Crippen molar-refractivity contribution in [2.75, 3.05) is 14.2 Å². The Morgan fingerprint density at radius 1 is 0.917 bits per heavy atom. The Morgan fingerprint density at radius 3 is 1.67 bits per heavy atom.